The summed E-state index contributed by atoms with van der Waals surface area (Å²) in [4.78, 5) is 0. The summed E-state index contributed by atoms with van der Waals surface area (Å²) in [6.45, 7) is 2.10. The Morgan fingerprint density at radius 2 is 1.82 bits per heavy atom. The molecule has 0 aromatic carbocycles. The van der Waals surface area contributed by atoms with E-state index in [9.17, 15) is 5.11 Å². The molecule has 0 spiro atoms. The van der Waals surface area contributed by atoms with E-state index in [2.05, 4.69) is 6.92 Å². The van der Waals surface area contributed by atoms with Gasteiger partial charge in [-0.3, -0.25) is 0 Å². The molecule has 0 fully saturated rings. The average molecular weight is 181 g/mol. The summed E-state index contributed by atoms with van der Waals surface area (Å²) < 4.78 is 0. The summed E-state index contributed by atoms with van der Waals surface area (Å²) in [6.07, 6.45) is 2.45. The van der Waals surface area contributed by atoms with Crippen molar-refractivity contribution in [2.45, 2.75) is 44.8 Å². The highest BCUT2D eigenvalue weighted by Gasteiger charge is 2.13. The maximum absolute atomic E-state index is 9.21. The number of aliphatic hydroxyl groups excluding tert-OH is 2. The van der Waals surface area contributed by atoms with Crippen LogP contribution in [0.3, 0.4) is 0 Å². The topological polar surface area (TPSA) is 40.5 Å². The van der Waals surface area contributed by atoms with Gasteiger partial charge in [-0.1, -0.05) is 26.2 Å². The van der Waals surface area contributed by atoms with E-state index >= 15 is 0 Å². The van der Waals surface area contributed by atoms with Crippen molar-refractivity contribution in [3.8, 4) is 0 Å². The third kappa shape index (κ3) is 5.48. The minimum absolute atomic E-state index is 0.118. The van der Waals surface area contributed by atoms with Crippen LogP contribution in [0.5, 0.6) is 0 Å². The van der Waals surface area contributed by atoms with Crippen LogP contribution in [0.1, 0.15) is 32.6 Å². The van der Waals surface area contributed by atoms with Crippen molar-refractivity contribution in [2.75, 3.05) is 5.88 Å². The second-order valence-electron chi connectivity index (χ2n) is 2.78. The fraction of sp³-hybridized carbons (Fsp3) is 1.00. The Balaban J connectivity index is 3.28. The average Bonchev–Trinajstić information content (AvgIpc) is 2.03. The molecule has 68 valence electrons. The molecule has 0 radical (unpaired) electrons. The highest BCUT2D eigenvalue weighted by Crippen LogP contribution is 2.07. The molecule has 0 amide bonds. The number of halogens is 1. The standard InChI is InChI=1S/C8H17ClO2/c1-2-3-4-5-7(10)8(11)6-9/h7-8,10-11H,2-6H2,1H3. The van der Waals surface area contributed by atoms with Crippen LogP contribution < -0.4 is 0 Å². The van der Waals surface area contributed by atoms with Crippen LogP contribution in [-0.2, 0) is 0 Å². The van der Waals surface area contributed by atoms with Crippen LogP contribution in [0.4, 0.5) is 0 Å². The summed E-state index contributed by atoms with van der Waals surface area (Å²) in [6, 6.07) is 0. The summed E-state index contributed by atoms with van der Waals surface area (Å²) in [5.41, 5.74) is 0. The highest BCUT2D eigenvalue weighted by molar-refractivity contribution is 6.18. The maximum atomic E-state index is 9.21. The van der Waals surface area contributed by atoms with E-state index in [1.807, 2.05) is 0 Å². The maximum Gasteiger partial charge on any atom is 0.0933 e. The zero-order valence-corrected chi connectivity index (χ0v) is 7.72. The molecule has 0 saturated heterocycles. The summed E-state index contributed by atoms with van der Waals surface area (Å²) in [5, 5.41) is 18.3. The van der Waals surface area contributed by atoms with Crippen molar-refractivity contribution in [3.05, 3.63) is 0 Å². The fourth-order valence-electron chi connectivity index (χ4n) is 0.899. The lowest BCUT2D eigenvalue weighted by Crippen LogP contribution is -2.27. The third-order valence-electron chi connectivity index (χ3n) is 1.71. The Hall–Kier alpha value is 0.210. The van der Waals surface area contributed by atoms with Gasteiger partial charge < -0.3 is 10.2 Å². The van der Waals surface area contributed by atoms with Gasteiger partial charge in [-0.15, -0.1) is 11.6 Å². The van der Waals surface area contributed by atoms with E-state index in [0.29, 0.717) is 6.42 Å². The Morgan fingerprint density at radius 3 is 2.27 bits per heavy atom. The van der Waals surface area contributed by atoms with Gasteiger partial charge >= 0.3 is 0 Å². The normalized spacial score (nSPS) is 16.4. The molecule has 0 aromatic rings. The van der Waals surface area contributed by atoms with E-state index < -0.39 is 12.2 Å². The van der Waals surface area contributed by atoms with Crippen molar-refractivity contribution in [1.82, 2.24) is 0 Å². The second-order valence-corrected chi connectivity index (χ2v) is 3.09. The zero-order chi connectivity index (χ0) is 8.69. The van der Waals surface area contributed by atoms with Crippen LogP contribution in [0.25, 0.3) is 0 Å². The van der Waals surface area contributed by atoms with Crippen molar-refractivity contribution >= 4 is 11.6 Å². The number of unbranched alkanes of at least 4 members (excludes halogenated alkanes) is 2. The summed E-state index contributed by atoms with van der Waals surface area (Å²) in [5.74, 6) is 0.118. The molecule has 3 heteroatoms. The van der Waals surface area contributed by atoms with Crippen LogP contribution in [0.2, 0.25) is 0 Å². The second kappa shape index (κ2) is 6.89. The monoisotopic (exact) mass is 180 g/mol. The molecule has 0 aliphatic carbocycles. The first-order valence-corrected chi connectivity index (χ1v) is 4.68. The van der Waals surface area contributed by atoms with Crippen molar-refractivity contribution < 1.29 is 10.2 Å². The number of rotatable bonds is 6. The molecule has 0 aliphatic rings. The molecule has 0 bridgehead atoms. The Morgan fingerprint density at radius 1 is 1.18 bits per heavy atom. The minimum atomic E-state index is -0.756. The molecule has 0 saturated carbocycles. The Labute approximate surface area is 73.2 Å². The molecule has 0 heterocycles. The fourth-order valence-corrected chi connectivity index (χ4v) is 1.10. The van der Waals surface area contributed by atoms with Gasteiger partial charge in [-0.25, -0.2) is 0 Å². The van der Waals surface area contributed by atoms with Gasteiger partial charge in [0.25, 0.3) is 0 Å². The number of hydrogen-bond acceptors (Lipinski definition) is 2. The van der Waals surface area contributed by atoms with Gasteiger partial charge in [0.2, 0.25) is 0 Å². The molecular weight excluding hydrogens is 164 g/mol. The van der Waals surface area contributed by atoms with E-state index in [-0.39, 0.29) is 5.88 Å². The van der Waals surface area contributed by atoms with Crippen LogP contribution >= 0.6 is 11.6 Å². The molecule has 0 aromatic heterocycles. The first-order valence-electron chi connectivity index (χ1n) is 4.14. The van der Waals surface area contributed by atoms with E-state index in [1.54, 1.807) is 0 Å². The van der Waals surface area contributed by atoms with Crippen molar-refractivity contribution in [1.29, 1.82) is 0 Å². The van der Waals surface area contributed by atoms with Crippen LogP contribution in [-0.4, -0.2) is 28.3 Å². The van der Waals surface area contributed by atoms with Gasteiger partial charge in [-0.2, -0.15) is 0 Å². The number of alkyl halides is 1. The molecule has 11 heavy (non-hydrogen) atoms. The van der Waals surface area contributed by atoms with E-state index in [1.165, 1.54) is 0 Å². The van der Waals surface area contributed by atoms with Gasteiger partial charge in [0, 0.05) is 0 Å². The zero-order valence-electron chi connectivity index (χ0n) is 6.96. The van der Waals surface area contributed by atoms with Gasteiger partial charge in [0.1, 0.15) is 0 Å². The predicted molar refractivity (Wildman–Crippen MR) is 46.9 cm³/mol. The SMILES string of the molecule is CCCCCC(O)C(O)CCl. The van der Waals surface area contributed by atoms with E-state index in [4.69, 9.17) is 16.7 Å². The third-order valence-corrected chi connectivity index (χ3v) is 2.02. The highest BCUT2D eigenvalue weighted by atomic mass is 35.5. The largest absolute Gasteiger partial charge is 0.390 e. The predicted octanol–water partition coefficient (Wildman–Crippen LogP) is 1.53. The minimum Gasteiger partial charge on any atom is -0.390 e. The van der Waals surface area contributed by atoms with Crippen LogP contribution in [0, 0.1) is 0 Å². The van der Waals surface area contributed by atoms with Gasteiger partial charge in [0.15, 0.2) is 0 Å². The lowest BCUT2D eigenvalue weighted by atomic mass is 10.1. The molecule has 2 nitrogen and oxygen atoms in total. The molecule has 0 aliphatic heterocycles. The summed E-state index contributed by atoms with van der Waals surface area (Å²) >= 11 is 5.35. The Bertz CT molecular complexity index is 88.2. The lowest BCUT2D eigenvalue weighted by molar-refractivity contribution is 0.0268. The van der Waals surface area contributed by atoms with Crippen LogP contribution in [0.15, 0.2) is 0 Å². The lowest BCUT2D eigenvalue weighted by Gasteiger charge is -2.14. The molecule has 0 rings (SSSR count). The molecule has 2 unspecified atom stereocenters. The van der Waals surface area contributed by atoms with Gasteiger partial charge in [0.05, 0.1) is 18.1 Å². The number of aliphatic hydroxyl groups is 2. The Kier molecular flexibility index (Phi) is 7.02. The van der Waals surface area contributed by atoms with Crippen molar-refractivity contribution in [2.24, 2.45) is 0 Å². The number of hydrogen-bond donors (Lipinski definition) is 2. The summed E-state index contributed by atoms with van der Waals surface area (Å²) in [7, 11) is 0. The smallest absolute Gasteiger partial charge is 0.0933 e. The van der Waals surface area contributed by atoms with E-state index in [0.717, 1.165) is 19.3 Å². The molecular formula is C8H17ClO2. The van der Waals surface area contributed by atoms with Crippen molar-refractivity contribution in [3.63, 3.8) is 0 Å². The molecule has 2 atom stereocenters. The first-order chi connectivity index (χ1) is 5.22. The molecule has 2 N–H and O–H groups in total. The quantitative estimate of drug-likeness (QED) is 0.481. The first kappa shape index (κ1) is 11.2. The van der Waals surface area contributed by atoms with Gasteiger partial charge in [-0.05, 0) is 6.42 Å².